The number of rotatable bonds is 5. The van der Waals surface area contributed by atoms with Crippen LogP contribution in [0.4, 0.5) is 5.69 Å². The van der Waals surface area contributed by atoms with Crippen LogP contribution in [0, 0.1) is 6.92 Å². The monoisotopic (exact) mass is 414 g/mol. The Morgan fingerprint density at radius 3 is 2.38 bits per heavy atom. The van der Waals surface area contributed by atoms with Crippen molar-refractivity contribution in [3.05, 3.63) is 64.7 Å². The minimum atomic E-state index is -0.701. The van der Waals surface area contributed by atoms with E-state index >= 15 is 0 Å². The number of aryl methyl sites for hydroxylation is 1. The SMILES string of the molecule is Cc1ccc([C@@H](CNC(=O)C(=O)Nc2cccc(Cl)c2)N2CCN(C)CC2)cc1. The van der Waals surface area contributed by atoms with Crippen molar-refractivity contribution in [1.82, 2.24) is 15.1 Å². The number of carbonyl (C=O) groups excluding carboxylic acids is 2. The predicted molar refractivity (Wildman–Crippen MR) is 116 cm³/mol. The zero-order valence-electron chi connectivity index (χ0n) is 16.8. The minimum Gasteiger partial charge on any atom is -0.346 e. The molecule has 2 N–H and O–H groups in total. The van der Waals surface area contributed by atoms with Crippen molar-refractivity contribution in [2.75, 3.05) is 45.1 Å². The van der Waals surface area contributed by atoms with Crippen LogP contribution >= 0.6 is 11.6 Å². The fraction of sp³-hybridized carbons (Fsp3) is 0.364. The summed E-state index contributed by atoms with van der Waals surface area (Å²) < 4.78 is 0. The van der Waals surface area contributed by atoms with Crippen LogP contribution in [-0.4, -0.2) is 61.4 Å². The van der Waals surface area contributed by atoms with E-state index in [0.29, 0.717) is 17.3 Å². The summed E-state index contributed by atoms with van der Waals surface area (Å²) in [5.41, 5.74) is 2.82. The number of carbonyl (C=O) groups is 2. The molecule has 7 heteroatoms. The van der Waals surface area contributed by atoms with Crippen molar-refractivity contribution in [1.29, 1.82) is 0 Å². The van der Waals surface area contributed by atoms with E-state index in [1.165, 1.54) is 5.56 Å². The molecule has 0 spiro atoms. The Morgan fingerprint density at radius 1 is 1.03 bits per heavy atom. The van der Waals surface area contributed by atoms with Gasteiger partial charge < -0.3 is 15.5 Å². The molecule has 1 fully saturated rings. The first-order chi connectivity index (χ1) is 13.9. The van der Waals surface area contributed by atoms with Gasteiger partial charge in [-0.2, -0.15) is 0 Å². The van der Waals surface area contributed by atoms with Gasteiger partial charge in [0.05, 0.1) is 6.04 Å². The highest BCUT2D eigenvalue weighted by molar-refractivity contribution is 6.39. The van der Waals surface area contributed by atoms with Crippen LogP contribution in [0.25, 0.3) is 0 Å². The van der Waals surface area contributed by atoms with Gasteiger partial charge in [-0.15, -0.1) is 0 Å². The average molecular weight is 415 g/mol. The molecule has 1 heterocycles. The second-order valence-corrected chi connectivity index (χ2v) is 7.88. The Morgan fingerprint density at radius 2 is 1.72 bits per heavy atom. The van der Waals surface area contributed by atoms with Gasteiger partial charge in [0.25, 0.3) is 0 Å². The van der Waals surface area contributed by atoms with Crippen molar-refractivity contribution in [3.63, 3.8) is 0 Å². The van der Waals surface area contributed by atoms with Gasteiger partial charge in [0, 0.05) is 43.4 Å². The highest BCUT2D eigenvalue weighted by Gasteiger charge is 2.25. The highest BCUT2D eigenvalue weighted by Crippen LogP contribution is 2.22. The fourth-order valence-electron chi connectivity index (χ4n) is 3.40. The second kappa shape index (κ2) is 9.87. The second-order valence-electron chi connectivity index (χ2n) is 7.44. The third-order valence-electron chi connectivity index (χ3n) is 5.19. The van der Waals surface area contributed by atoms with Crippen LogP contribution < -0.4 is 10.6 Å². The molecule has 154 valence electrons. The fourth-order valence-corrected chi connectivity index (χ4v) is 3.59. The van der Waals surface area contributed by atoms with Crippen molar-refractivity contribution in [2.45, 2.75) is 13.0 Å². The Balaban J connectivity index is 1.64. The predicted octanol–water partition coefficient (Wildman–Crippen LogP) is 2.69. The first kappa shape index (κ1) is 21.3. The molecule has 0 aromatic heterocycles. The van der Waals surface area contributed by atoms with Gasteiger partial charge >= 0.3 is 11.8 Å². The van der Waals surface area contributed by atoms with Gasteiger partial charge in [-0.25, -0.2) is 0 Å². The number of anilines is 1. The molecule has 6 nitrogen and oxygen atoms in total. The van der Waals surface area contributed by atoms with E-state index < -0.39 is 11.8 Å². The Hall–Kier alpha value is -2.41. The molecule has 2 aromatic rings. The maximum absolute atomic E-state index is 12.4. The van der Waals surface area contributed by atoms with E-state index in [9.17, 15) is 9.59 Å². The maximum Gasteiger partial charge on any atom is 0.313 e. The molecule has 1 saturated heterocycles. The molecule has 2 amide bonds. The van der Waals surface area contributed by atoms with E-state index in [0.717, 1.165) is 31.7 Å². The maximum atomic E-state index is 12.4. The average Bonchev–Trinajstić information content (AvgIpc) is 2.70. The van der Waals surface area contributed by atoms with Crippen molar-refractivity contribution >= 4 is 29.1 Å². The topological polar surface area (TPSA) is 64.7 Å². The number of likely N-dealkylation sites (N-methyl/N-ethyl adjacent to an activating group) is 1. The number of piperazine rings is 1. The molecule has 3 rings (SSSR count). The standard InChI is InChI=1S/C22H27ClN4O2/c1-16-6-8-17(9-7-16)20(27-12-10-26(2)11-13-27)15-24-21(28)22(29)25-19-5-3-4-18(23)14-19/h3-9,14,20H,10-13,15H2,1-2H3,(H,24,28)(H,25,29)/t20-/m1/s1. The highest BCUT2D eigenvalue weighted by atomic mass is 35.5. The number of hydrogen-bond acceptors (Lipinski definition) is 4. The number of benzene rings is 2. The lowest BCUT2D eigenvalue weighted by Gasteiger charge is -2.38. The van der Waals surface area contributed by atoms with E-state index in [-0.39, 0.29) is 6.04 Å². The van der Waals surface area contributed by atoms with Crippen LogP contribution in [0.2, 0.25) is 5.02 Å². The third-order valence-corrected chi connectivity index (χ3v) is 5.42. The van der Waals surface area contributed by atoms with Crippen LogP contribution in [0.1, 0.15) is 17.2 Å². The first-order valence-electron chi connectivity index (χ1n) is 9.76. The summed E-state index contributed by atoms with van der Waals surface area (Å²) in [6.07, 6.45) is 0. The molecule has 0 saturated carbocycles. The van der Waals surface area contributed by atoms with Crippen LogP contribution in [0.5, 0.6) is 0 Å². The molecule has 2 aromatic carbocycles. The number of nitrogens with zero attached hydrogens (tertiary/aromatic N) is 2. The molecule has 29 heavy (non-hydrogen) atoms. The van der Waals surface area contributed by atoms with Crippen molar-refractivity contribution in [3.8, 4) is 0 Å². The zero-order valence-corrected chi connectivity index (χ0v) is 17.6. The summed E-state index contributed by atoms with van der Waals surface area (Å²) >= 11 is 5.92. The molecule has 0 aliphatic carbocycles. The third kappa shape index (κ3) is 6.03. The summed E-state index contributed by atoms with van der Waals surface area (Å²) in [4.78, 5) is 29.3. The zero-order chi connectivity index (χ0) is 20.8. The molecule has 1 aliphatic heterocycles. The lowest BCUT2D eigenvalue weighted by Crippen LogP contribution is -2.49. The largest absolute Gasteiger partial charge is 0.346 e. The van der Waals surface area contributed by atoms with E-state index in [1.54, 1.807) is 24.3 Å². The van der Waals surface area contributed by atoms with E-state index in [1.807, 2.05) is 0 Å². The first-order valence-corrected chi connectivity index (χ1v) is 10.1. The van der Waals surface area contributed by atoms with Gasteiger partial charge in [0.2, 0.25) is 0 Å². The minimum absolute atomic E-state index is 0.0206. The molecule has 1 atom stereocenters. The number of nitrogens with one attached hydrogen (secondary N) is 2. The summed E-state index contributed by atoms with van der Waals surface area (Å²) in [6.45, 7) is 6.21. The van der Waals surface area contributed by atoms with E-state index in [4.69, 9.17) is 11.6 Å². The number of halogens is 1. The summed E-state index contributed by atoms with van der Waals surface area (Å²) in [6, 6.07) is 15.1. The van der Waals surface area contributed by atoms with Gasteiger partial charge in [0.1, 0.15) is 0 Å². The lowest BCUT2D eigenvalue weighted by molar-refractivity contribution is -0.136. The number of amides is 2. The van der Waals surface area contributed by atoms with Crippen LogP contribution in [0.15, 0.2) is 48.5 Å². The molecule has 0 bridgehead atoms. The Labute approximate surface area is 176 Å². The molecular formula is C22H27ClN4O2. The molecular weight excluding hydrogens is 388 g/mol. The number of hydrogen-bond donors (Lipinski definition) is 2. The summed E-state index contributed by atoms with van der Waals surface area (Å²) in [7, 11) is 2.11. The van der Waals surface area contributed by atoms with Crippen molar-refractivity contribution in [2.24, 2.45) is 0 Å². The smallest absolute Gasteiger partial charge is 0.313 e. The quantitative estimate of drug-likeness (QED) is 0.738. The van der Waals surface area contributed by atoms with E-state index in [2.05, 4.69) is 58.7 Å². The van der Waals surface area contributed by atoms with Gasteiger partial charge in [0.15, 0.2) is 0 Å². The van der Waals surface area contributed by atoms with Gasteiger partial charge in [-0.1, -0.05) is 47.5 Å². The lowest BCUT2D eigenvalue weighted by atomic mass is 10.0. The Kier molecular flexibility index (Phi) is 7.25. The molecule has 0 unspecified atom stereocenters. The summed E-state index contributed by atoms with van der Waals surface area (Å²) in [5.74, 6) is -1.36. The van der Waals surface area contributed by atoms with Gasteiger partial charge in [-0.3, -0.25) is 14.5 Å². The van der Waals surface area contributed by atoms with Crippen molar-refractivity contribution < 1.29 is 9.59 Å². The summed E-state index contributed by atoms with van der Waals surface area (Å²) in [5, 5.41) is 5.88. The molecule has 1 aliphatic rings. The Bertz CT molecular complexity index is 848. The molecule has 0 radical (unpaired) electrons. The van der Waals surface area contributed by atoms with Gasteiger partial charge in [-0.05, 0) is 37.7 Å². The van der Waals surface area contributed by atoms with Crippen LogP contribution in [-0.2, 0) is 9.59 Å². The normalized spacial score (nSPS) is 16.2. The van der Waals surface area contributed by atoms with Crippen LogP contribution in [0.3, 0.4) is 0 Å².